The van der Waals surface area contributed by atoms with E-state index in [1.54, 1.807) is 18.2 Å². The van der Waals surface area contributed by atoms with Crippen LogP contribution >= 0.6 is 23.4 Å². The van der Waals surface area contributed by atoms with E-state index in [-0.39, 0.29) is 15.9 Å². The minimum Gasteiger partial charge on any atom is -0.457 e. The number of hydrogen-bond donors (Lipinski definition) is 1. The molecule has 1 aromatic heterocycles. The van der Waals surface area contributed by atoms with Gasteiger partial charge in [-0.2, -0.15) is 4.99 Å². The Morgan fingerprint density at radius 3 is 2.78 bits per heavy atom. The van der Waals surface area contributed by atoms with Gasteiger partial charge in [0.2, 0.25) is 0 Å². The maximum atomic E-state index is 11.5. The van der Waals surface area contributed by atoms with Crippen molar-refractivity contribution in [1.82, 2.24) is 0 Å². The van der Waals surface area contributed by atoms with Gasteiger partial charge in [-0.15, -0.1) is 0 Å². The fourth-order valence-corrected chi connectivity index (χ4v) is 2.79. The number of nitrogens with two attached hydrogens (primary N) is 1. The van der Waals surface area contributed by atoms with Crippen LogP contribution in [0, 0.1) is 10.1 Å². The molecule has 116 valence electrons. The SMILES string of the molecule is NC1=NC(=O)C(=Cc2ccc(-c3ccc(Cl)c([N+](=O)[O-])c3)o2)S1. The molecule has 0 spiro atoms. The minimum absolute atomic E-state index is 0.0493. The summed E-state index contributed by atoms with van der Waals surface area (Å²) in [6, 6.07) is 7.66. The van der Waals surface area contributed by atoms with E-state index in [9.17, 15) is 14.9 Å². The maximum absolute atomic E-state index is 11.5. The van der Waals surface area contributed by atoms with Gasteiger partial charge in [0.05, 0.1) is 9.83 Å². The van der Waals surface area contributed by atoms with Crippen molar-refractivity contribution in [2.24, 2.45) is 10.7 Å². The number of aliphatic imine (C=N–C) groups is 1. The lowest BCUT2D eigenvalue weighted by Gasteiger charge is -1.99. The van der Waals surface area contributed by atoms with Gasteiger partial charge in [-0.3, -0.25) is 14.9 Å². The molecular weight excluding hydrogens is 342 g/mol. The van der Waals surface area contributed by atoms with Crippen LogP contribution in [-0.2, 0) is 4.79 Å². The molecule has 0 unspecified atom stereocenters. The monoisotopic (exact) mass is 349 g/mol. The topological polar surface area (TPSA) is 112 Å². The lowest BCUT2D eigenvalue weighted by molar-refractivity contribution is -0.384. The average Bonchev–Trinajstić information content (AvgIpc) is 3.06. The van der Waals surface area contributed by atoms with E-state index in [4.69, 9.17) is 21.8 Å². The number of halogens is 1. The summed E-state index contributed by atoms with van der Waals surface area (Å²) in [7, 11) is 0. The van der Waals surface area contributed by atoms with Crippen LogP contribution < -0.4 is 5.73 Å². The summed E-state index contributed by atoms with van der Waals surface area (Å²) >= 11 is 6.83. The van der Waals surface area contributed by atoms with Crippen LogP contribution in [0.15, 0.2) is 44.6 Å². The first kappa shape index (κ1) is 15.3. The molecule has 1 amide bonds. The Labute approximate surface area is 139 Å². The van der Waals surface area contributed by atoms with Gasteiger partial charge in [0.25, 0.3) is 11.6 Å². The molecule has 23 heavy (non-hydrogen) atoms. The molecule has 9 heteroatoms. The summed E-state index contributed by atoms with van der Waals surface area (Å²) in [5.41, 5.74) is 5.77. The summed E-state index contributed by atoms with van der Waals surface area (Å²) in [6.07, 6.45) is 1.52. The third-order valence-corrected chi connectivity index (χ3v) is 4.10. The van der Waals surface area contributed by atoms with E-state index >= 15 is 0 Å². The van der Waals surface area contributed by atoms with Crippen molar-refractivity contribution in [3.05, 3.63) is 56.1 Å². The number of benzene rings is 1. The predicted octanol–water partition coefficient (Wildman–Crippen LogP) is 3.44. The number of nitrogens with zero attached hydrogens (tertiary/aromatic N) is 2. The summed E-state index contributed by atoms with van der Waals surface area (Å²) in [6.45, 7) is 0. The normalized spacial score (nSPS) is 16.0. The summed E-state index contributed by atoms with van der Waals surface area (Å²) in [4.78, 5) is 25.8. The molecule has 0 atom stereocenters. The van der Waals surface area contributed by atoms with E-state index in [0.717, 1.165) is 11.8 Å². The van der Waals surface area contributed by atoms with Gasteiger partial charge in [0, 0.05) is 17.7 Å². The minimum atomic E-state index is -0.564. The number of thioether (sulfide) groups is 1. The number of hydrogen-bond acceptors (Lipinski definition) is 6. The molecule has 0 aliphatic carbocycles. The second-order valence-electron chi connectivity index (χ2n) is 4.49. The van der Waals surface area contributed by atoms with Crippen LogP contribution in [-0.4, -0.2) is 16.0 Å². The number of carbonyl (C=O) groups is 1. The highest BCUT2D eigenvalue weighted by Gasteiger charge is 2.20. The number of nitro groups is 1. The van der Waals surface area contributed by atoms with Crippen molar-refractivity contribution >= 4 is 46.2 Å². The first-order valence-corrected chi connectivity index (χ1v) is 7.45. The van der Waals surface area contributed by atoms with Crippen molar-refractivity contribution in [3.8, 4) is 11.3 Å². The third kappa shape index (κ3) is 3.13. The van der Waals surface area contributed by atoms with Crippen molar-refractivity contribution < 1.29 is 14.1 Å². The van der Waals surface area contributed by atoms with Gasteiger partial charge in [-0.1, -0.05) is 11.6 Å². The van der Waals surface area contributed by atoms with E-state index in [1.807, 2.05) is 0 Å². The van der Waals surface area contributed by atoms with E-state index < -0.39 is 10.8 Å². The molecule has 2 aromatic rings. The van der Waals surface area contributed by atoms with Crippen LogP contribution in [0.3, 0.4) is 0 Å². The Morgan fingerprint density at radius 2 is 2.13 bits per heavy atom. The Bertz CT molecular complexity index is 888. The van der Waals surface area contributed by atoms with Crippen LogP contribution in [0.25, 0.3) is 17.4 Å². The summed E-state index contributed by atoms with van der Waals surface area (Å²) in [5, 5.41) is 11.2. The number of rotatable bonds is 3. The van der Waals surface area contributed by atoms with Crippen molar-refractivity contribution in [1.29, 1.82) is 0 Å². The number of amidine groups is 1. The molecule has 0 saturated heterocycles. The Hall–Kier alpha value is -2.58. The molecule has 0 saturated carbocycles. The van der Waals surface area contributed by atoms with E-state index in [2.05, 4.69) is 4.99 Å². The van der Waals surface area contributed by atoms with Gasteiger partial charge in [0.15, 0.2) is 5.17 Å². The van der Waals surface area contributed by atoms with Gasteiger partial charge in [-0.25, -0.2) is 0 Å². The second kappa shape index (κ2) is 5.90. The van der Waals surface area contributed by atoms with Gasteiger partial charge < -0.3 is 10.2 Å². The van der Waals surface area contributed by atoms with Gasteiger partial charge in [-0.05, 0) is 36.0 Å². The molecule has 0 radical (unpaired) electrons. The van der Waals surface area contributed by atoms with Crippen LogP contribution in [0.2, 0.25) is 5.02 Å². The predicted molar refractivity (Wildman–Crippen MR) is 88.0 cm³/mol. The largest absolute Gasteiger partial charge is 0.457 e. The Balaban J connectivity index is 1.91. The molecule has 1 aliphatic rings. The lowest BCUT2D eigenvalue weighted by atomic mass is 10.1. The molecule has 1 aromatic carbocycles. The van der Waals surface area contributed by atoms with Crippen molar-refractivity contribution in [2.75, 3.05) is 0 Å². The molecule has 3 rings (SSSR count). The standard InChI is InChI=1S/C14H8ClN3O4S/c15-9-3-1-7(5-10(9)18(20)21)11-4-2-8(22-11)6-12-13(19)17-14(16)23-12/h1-6H,(H2,16,17,19). The van der Waals surface area contributed by atoms with E-state index in [1.165, 1.54) is 18.2 Å². The lowest BCUT2D eigenvalue weighted by Crippen LogP contribution is -2.01. The first-order valence-electron chi connectivity index (χ1n) is 6.26. The zero-order valence-corrected chi connectivity index (χ0v) is 12.9. The summed E-state index contributed by atoms with van der Waals surface area (Å²) in [5.74, 6) is 0.409. The van der Waals surface area contributed by atoms with Crippen molar-refractivity contribution in [2.45, 2.75) is 0 Å². The summed E-state index contributed by atoms with van der Waals surface area (Å²) < 4.78 is 5.59. The fourth-order valence-electron chi connectivity index (χ4n) is 1.95. The number of nitro benzene ring substituents is 1. The maximum Gasteiger partial charge on any atom is 0.288 e. The number of amides is 1. The van der Waals surface area contributed by atoms with Crippen LogP contribution in [0.1, 0.15) is 5.76 Å². The van der Waals surface area contributed by atoms with Crippen molar-refractivity contribution in [3.63, 3.8) is 0 Å². The van der Waals surface area contributed by atoms with Crippen LogP contribution in [0.4, 0.5) is 5.69 Å². The zero-order valence-electron chi connectivity index (χ0n) is 11.4. The van der Waals surface area contributed by atoms with Crippen LogP contribution in [0.5, 0.6) is 0 Å². The third-order valence-electron chi connectivity index (χ3n) is 2.96. The Kier molecular flexibility index (Phi) is 3.93. The quantitative estimate of drug-likeness (QED) is 0.516. The van der Waals surface area contributed by atoms with Gasteiger partial charge in [0.1, 0.15) is 16.5 Å². The highest BCUT2D eigenvalue weighted by atomic mass is 35.5. The molecule has 0 fully saturated rings. The highest BCUT2D eigenvalue weighted by molar-refractivity contribution is 8.18. The zero-order chi connectivity index (χ0) is 16.6. The molecule has 7 nitrogen and oxygen atoms in total. The molecule has 1 aliphatic heterocycles. The fraction of sp³-hybridized carbons (Fsp3) is 0. The number of furan rings is 1. The smallest absolute Gasteiger partial charge is 0.288 e. The average molecular weight is 350 g/mol. The molecule has 2 N–H and O–H groups in total. The van der Waals surface area contributed by atoms with Gasteiger partial charge >= 0.3 is 0 Å². The molecular formula is C14H8ClN3O4S. The first-order chi connectivity index (χ1) is 10.9. The highest BCUT2D eigenvalue weighted by Crippen LogP contribution is 2.32. The second-order valence-corrected chi connectivity index (χ2v) is 5.96. The number of carbonyl (C=O) groups excluding carboxylic acids is 1. The molecule has 2 heterocycles. The Morgan fingerprint density at radius 1 is 1.35 bits per heavy atom. The molecule has 0 bridgehead atoms. The van der Waals surface area contributed by atoms with E-state index in [0.29, 0.717) is 22.0 Å².